The largest absolute Gasteiger partial charge is 0.357 e. The van der Waals surface area contributed by atoms with E-state index in [1.165, 1.54) is 10.9 Å². The Labute approximate surface area is 155 Å². The summed E-state index contributed by atoms with van der Waals surface area (Å²) in [6.45, 7) is 3.98. The summed E-state index contributed by atoms with van der Waals surface area (Å²) in [5.74, 6) is 0.657. The number of aliphatic imine (C=N–C) groups is 1. The fourth-order valence-electron chi connectivity index (χ4n) is 1.78. The molecule has 0 fully saturated rings. The van der Waals surface area contributed by atoms with Crippen LogP contribution in [0.15, 0.2) is 38.8 Å². The summed E-state index contributed by atoms with van der Waals surface area (Å²) >= 11 is 8.46. The Bertz CT molecular complexity index is 757. The lowest BCUT2D eigenvalue weighted by molar-refractivity contribution is 0.582. The van der Waals surface area contributed by atoms with Gasteiger partial charge in [-0.2, -0.15) is 0 Å². The second kappa shape index (κ2) is 9.38. The van der Waals surface area contributed by atoms with Gasteiger partial charge in [-0.3, -0.25) is 0 Å². The highest BCUT2D eigenvalue weighted by Crippen LogP contribution is 2.25. The topological polar surface area (TPSA) is 82.6 Å². The first kappa shape index (κ1) is 19.2. The molecule has 0 unspecified atom stereocenters. The van der Waals surface area contributed by atoms with E-state index in [0.29, 0.717) is 23.4 Å². The van der Waals surface area contributed by atoms with Gasteiger partial charge in [-0.15, -0.1) is 22.7 Å². The van der Waals surface area contributed by atoms with Crippen LogP contribution in [0.4, 0.5) is 0 Å². The lowest BCUT2D eigenvalue weighted by Crippen LogP contribution is -2.41. The normalized spacial score (nSPS) is 12.3. The third-order valence-corrected chi connectivity index (χ3v) is 6.89. The van der Waals surface area contributed by atoms with Crippen molar-refractivity contribution in [3.8, 4) is 0 Å². The molecule has 0 aliphatic heterocycles. The molecule has 0 saturated carbocycles. The number of nitrogens with one attached hydrogen (secondary N) is 3. The highest BCUT2D eigenvalue weighted by Gasteiger charge is 2.15. The molecule has 0 atom stereocenters. The lowest BCUT2D eigenvalue weighted by Gasteiger charge is -2.11. The van der Waals surface area contributed by atoms with Gasteiger partial charge in [0.05, 0.1) is 10.9 Å². The lowest BCUT2D eigenvalue weighted by atomic mass is 10.5. The molecular formula is C14H19ClN4O2S3. The molecule has 132 valence electrons. The Kier molecular flexibility index (Phi) is 7.50. The Morgan fingerprint density at radius 3 is 2.71 bits per heavy atom. The van der Waals surface area contributed by atoms with Crippen LogP contribution in [0.1, 0.15) is 11.8 Å². The zero-order valence-corrected chi connectivity index (χ0v) is 16.3. The zero-order chi connectivity index (χ0) is 17.4. The molecule has 2 rings (SSSR count). The predicted molar refractivity (Wildman–Crippen MR) is 102 cm³/mol. The maximum atomic E-state index is 12.1. The van der Waals surface area contributed by atoms with Gasteiger partial charge in [0, 0.05) is 24.5 Å². The number of nitrogens with zero attached hydrogens (tertiary/aromatic N) is 1. The molecule has 6 nitrogen and oxygen atoms in total. The second-order valence-electron chi connectivity index (χ2n) is 4.66. The van der Waals surface area contributed by atoms with E-state index in [1.807, 2.05) is 24.4 Å². The average Bonchev–Trinajstić information content (AvgIpc) is 3.20. The van der Waals surface area contributed by atoms with E-state index < -0.39 is 10.0 Å². The van der Waals surface area contributed by atoms with Crippen molar-refractivity contribution in [3.05, 3.63) is 38.9 Å². The smallest absolute Gasteiger partial charge is 0.250 e. The van der Waals surface area contributed by atoms with Crippen LogP contribution in [-0.4, -0.2) is 34.0 Å². The maximum Gasteiger partial charge on any atom is 0.250 e. The number of hydrogen-bond donors (Lipinski definition) is 3. The van der Waals surface area contributed by atoms with Gasteiger partial charge in [0.2, 0.25) is 10.0 Å². The molecule has 2 aromatic heterocycles. The number of hydrogen-bond acceptors (Lipinski definition) is 5. The fraction of sp³-hybridized carbons (Fsp3) is 0.357. The van der Waals surface area contributed by atoms with Crippen LogP contribution in [-0.2, 0) is 16.6 Å². The molecular weight excluding hydrogens is 388 g/mol. The van der Waals surface area contributed by atoms with E-state index in [2.05, 4.69) is 20.3 Å². The number of rotatable bonds is 8. The van der Waals surface area contributed by atoms with Crippen LogP contribution in [0.2, 0.25) is 4.34 Å². The van der Waals surface area contributed by atoms with E-state index in [4.69, 9.17) is 11.6 Å². The van der Waals surface area contributed by atoms with Gasteiger partial charge in [-0.1, -0.05) is 17.7 Å². The van der Waals surface area contributed by atoms with Crippen molar-refractivity contribution in [2.45, 2.75) is 17.7 Å². The van der Waals surface area contributed by atoms with Gasteiger partial charge in [0.1, 0.15) is 4.21 Å². The van der Waals surface area contributed by atoms with E-state index in [9.17, 15) is 8.42 Å². The summed E-state index contributed by atoms with van der Waals surface area (Å²) in [6.07, 6.45) is 0. The van der Waals surface area contributed by atoms with Crippen molar-refractivity contribution < 1.29 is 8.42 Å². The van der Waals surface area contributed by atoms with Crippen LogP contribution in [0.25, 0.3) is 0 Å². The minimum Gasteiger partial charge on any atom is -0.357 e. The van der Waals surface area contributed by atoms with Gasteiger partial charge in [0.25, 0.3) is 0 Å². The first-order valence-electron chi connectivity index (χ1n) is 7.31. The highest BCUT2D eigenvalue weighted by atomic mass is 35.5. The SMILES string of the molecule is CCNC(=NCc1cccs1)NCCNS(=O)(=O)c1ccc(Cl)s1. The summed E-state index contributed by atoms with van der Waals surface area (Å²) in [6, 6.07) is 7.08. The van der Waals surface area contributed by atoms with E-state index in [-0.39, 0.29) is 10.8 Å². The van der Waals surface area contributed by atoms with Gasteiger partial charge in [-0.05, 0) is 30.5 Å². The second-order valence-corrected chi connectivity index (χ2v) is 9.40. The average molecular weight is 407 g/mol. The van der Waals surface area contributed by atoms with Crippen molar-refractivity contribution in [1.82, 2.24) is 15.4 Å². The number of sulfonamides is 1. The minimum atomic E-state index is -3.51. The summed E-state index contributed by atoms with van der Waals surface area (Å²) in [5, 5.41) is 8.25. The summed E-state index contributed by atoms with van der Waals surface area (Å²) in [5.41, 5.74) is 0. The zero-order valence-electron chi connectivity index (χ0n) is 13.1. The minimum absolute atomic E-state index is 0.214. The molecule has 24 heavy (non-hydrogen) atoms. The first-order chi connectivity index (χ1) is 11.5. The molecule has 2 heterocycles. The molecule has 0 radical (unpaired) electrons. The molecule has 3 N–H and O–H groups in total. The monoisotopic (exact) mass is 406 g/mol. The number of halogens is 1. The van der Waals surface area contributed by atoms with Crippen LogP contribution < -0.4 is 15.4 Å². The predicted octanol–water partition coefficient (Wildman–Crippen LogP) is 2.50. The Balaban J connectivity index is 1.81. The number of thiophene rings is 2. The van der Waals surface area contributed by atoms with E-state index in [0.717, 1.165) is 17.9 Å². The van der Waals surface area contributed by atoms with Crippen LogP contribution >= 0.6 is 34.3 Å². The van der Waals surface area contributed by atoms with Crippen molar-refractivity contribution >= 4 is 50.3 Å². The van der Waals surface area contributed by atoms with Gasteiger partial charge >= 0.3 is 0 Å². The molecule has 0 aliphatic rings. The van der Waals surface area contributed by atoms with Crippen LogP contribution in [0, 0.1) is 0 Å². The number of guanidine groups is 1. The molecule has 0 spiro atoms. The molecule has 10 heteroatoms. The van der Waals surface area contributed by atoms with Gasteiger partial charge < -0.3 is 10.6 Å². The van der Waals surface area contributed by atoms with Crippen molar-refractivity contribution in [3.63, 3.8) is 0 Å². The molecule has 0 bridgehead atoms. The molecule has 2 aromatic rings. The van der Waals surface area contributed by atoms with Crippen LogP contribution in [0.5, 0.6) is 0 Å². The van der Waals surface area contributed by atoms with Gasteiger partial charge in [0.15, 0.2) is 5.96 Å². The van der Waals surface area contributed by atoms with Crippen molar-refractivity contribution in [2.24, 2.45) is 4.99 Å². The van der Waals surface area contributed by atoms with Gasteiger partial charge in [-0.25, -0.2) is 18.1 Å². The third-order valence-electron chi connectivity index (χ3n) is 2.84. The highest BCUT2D eigenvalue weighted by molar-refractivity contribution is 7.91. The Morgan fingerprint density at radius 2 is 2.08 bits per heavy atom. The third kappa shape index (κ3) is 6.06. The van der Waals surface area contributed by atoms with Crippen LogP contribution in [0.3, 0.4) is 0 Å². The molecule has 0 amide bonds. The van der Waals surface area contributed by atoms with Crippen molar-refractivity contribution in [1.29, 1.82) is 0 Å². The summed E-state index contributed by atoms with van der Waals surface area (Å²) < 4.78 is 27.3. The van der Waals surface area contributed by atoms with Crippen molar-refractivity contribution in [2.75, 3.05) is 19.6 Å². The Morgan fingerprint density at radius 1 is 1.25 bits per heavy atom. The summed E-state index contributed by atoms with van der Waals surface area (Å²) in [7, 11) is -3.51. The van der Waals surface area contributed by atoms with E-state index >= 15 is 0 Å². The molecule has 0 aliphatic carbocycles. The molecule has 0 saturated heterocycles. The Hall–Kier alpha value is -1.13. The summed E-state index contributed by atoms with van der Waals surface area (Å²) in [4.78, 5) is 5.63. The standard InChI is InChI=1S/C14H19ClN4O2S3/c1-2-16-14(18-10-11-4-3-9-22-11)17-7-8-19-24(20,21)13-6-5-12(15)23-13/h3-6,9,19H,2,7-8,10H2,1H3,(H2,16,17,18). The fourth-order valence-corrected chi connectivity index (χ4v) is 4.97. The maximum absolute atomic E-state index is 12.1. The molecule has 0 aromatic carbocycles. The first-order valence-corrected chi connectivity index (χ1v) is 10.9. The van der Waals surface area contributed by atoms with E-state index in [1.54, 1.807) is 17.4 Å². The quantitative estimate of drug-likeness (QED) is 0.357.